The Morgan fingerprint density at radius 3 is 2.85 bits per heavy atom. The molecular weight excluding hydrogens is 254 g/mol. The van der Waals surface area contributed by atoms with Crippen molar-refractivity contribution in [1.29, 1.82) is 0 Å². The zero-order valence-electron chi connectivity index (χ0n) is 11.5. The Morgan fingerprint density at radius 2 is 2.10 bits per heavy atom. The lowest BCUT2D eigenvalue weighted by Gasteiger charge is -2.10. The number of hydrogen-bond acceptors (Lipinski definition) is 4. The van der Waals surface area contributed by atoms with E-state index in [1.54, 1.807) is 26.4 Å². The summed E-state index contributed by atoms with van der Waals surface area (Å²) in [5.41, 5.74) is 2.27. The molecule has 0 saturated carbocycles. The van der Waals surface area contributed by atoms with Crippen molar-refractivity contribution in [1.82, 2.24) is 10.3 Å². The smallest absolute Gasteiger partial charge is 0.269 e. The molecule has 5 nitrogen and oxygen atoms in total. The first-order valence-electron chi connectivity index (χ1n) is 6.28. The summed E-state index contributed by atoms with van der Waals surface area (Å²) in [6, 6.07) is 11.3. The van der Waals surface area contributed by atoms with Crippen molar-refractivity contribution in [3.05, 3.63) is 53.9 Å². The second kappa shape index (κ2) is 6.56. The highest BCUT2D eigenvalue weighted by Crippen LogP contribution is 2.19. The Balaban J connectivity index is 2.09. The molecule has 20 heavy (non-hydrogen) atoms. The number of aromatic nitrogens is 1. The molecule has 104 valence electrons. The number of carbonyl (C=O) groups is 1. The van der Waals surface area contributed by atoms with Crippen molar-refractivity contribution in [2.75, 3.05) is 19.5 Å². The zero-order valence-corrected chi connectivity index (χ0v) is 11.5. The van der Waals surface area contributed by atoms with Crippen LogP contribution >= 0.6 is 0 Å². The Hall–Kier alpha value is -2.56. The first-order chi connectivity index (χ1) is 9.74. The minimum atomic E-state index is -0.203. The zero-order chi connectivity index (χ0) is 14.4. The van der Waals surface area contributed by atoms with Crippen molar-refractivity contribution in [3.8, 4) is 5.75 Å². The van der Waals surface area contributed by atoms with E-state index in [0.717, 1.165) is 17.0 Å². The lowest BCUT2D eigenvalue weighted by molar-refractivity contribution is 0.0958. The number of para-hydroxylation sites is 1. The minimum Gasteiger partial charge on any atom is -0.496 e. The molecule has 2 N–H and O–H groups in total. The number of nitrogens with one attached hydrogen (secondary N) is 2. The molecule has 0 radical (unpaired) electrons. The van der Waals surface area contributed by atoms with Gasteiger partial charge >= 0.3 is 0 Å². The van der Waals surface area contributed by atoms with Crippen molar-refractivity contribution in [2.45, 2.75) is 6.54 Å². The summed E-state index contributed by atoms with van der Waals surface area (Å²) in [5, 5.41) is 5.81. The molecule has 0 saturated heterocycles. The Kier molecular flexibility index (Phi) is 4.55. The number of nitrogens with zero attached hydrogens (tertiary/aromatic N) is 1. The third-order valence-electron chi connectivity index (χ3n) is 2.90. The summed E-state index contributed by atoms with van der Waals surface area (Å²) in [5.74, 6) is 0.631. The van der Waals surface area contributed by atoms with Crippen LogP contribution in [-0.4, -0.2) is 25.0 Å². The van der Waals surface area contributed by atoms with Crippen LogP contribution < -0.4 is 15.4 Å². The number of amides is 1. The number of anilines is 1. The monoisotopic (exact) mass is 271 g/mol. The second-order valence-corrected chi connectivity index (χ2v) is 4.17. The molecule has 0 fully saturated rings. The van der Waals surface area contributed by atoms with Crippen LogP contribution in [0.1, 0.15) is 16.1 Å². The van der Waals surface area contributed by atoms with Crippen LogP contribution in [0.4, 0.5) is 5.69 Å². The molecule has 1 aromatic carbocycles. The molecule has 0 spiro atoms. The van der Waals surface area contributed by atoms with Gasteiger partial charge in [-0.1, -0.05) is 18.2 Å². The summed E-state index contributed by atoms with van der Waals surface area (Å²) >= 11 is 0. The van der Waals surface area contributed by atoms with E-state index < -0.39 is 0 Å². The predicted octanol–water partition coefficient (Wildman–Crippen LogP) is 2.06. The van der Waals surface area contributed by atoms with E-state index in [1.807, 2.05) is 30.3 Å². The minimum absolute atomic E-state index is 0.203. The number of hydrogen-bond donors (Lipinski definition) is 2. The largest absolute Gasteiger partial charge is 0.496 e. The maximum Gasteiger partial charge on any atom is 0.269 e. The Morgan fingerprint density at radius 1 is 1.30 bits per heavy atom. The fourth-order valence-corrected chi connectivity index (χ4v) is 1.84. The predicted molar refractivity (Wildman–Crippen MR) is 77.9 cm³/mol. The van der Waals surface area contributed by atoms with E-state index >= 15 is 0 Å². The molecule has 1 heterocycles. The number of rotatable bonds is 5. The van der Waals surface area contributed by atoms with Gasteiger partial charge < -0.3 is 15.4 Å². The lowest BCUT2D eigenvalue weighted by Crippen LogP contribution is -2.19. The molecule has 0 aliphatic carbocycles. The summed E-state index contributed by atoms with van der Waals surface area (Å²) in [6.45, 7) is 0.612. The number of carbonyl (C=O) groups excluding carboxylic acids is 1. The highest BCUT2D eigenvalue weighted by atomic mass is 16.5. The molecule has 2 rings (SSSR count). The molecule has 0 bridgehead atoms. The van der Waals surface area contributed by atoms with Crippen LogP contribution in [0.2, 0.25) is 0 Å². The van der Waals surface area contributed by atoms with Crippen LogP contribution in [0.25, 0.3) is 0 Å². The quantitative estimate of drug-likeness (QED) is 0.873. The molecule has 0 aliphatic heterocycles. The van der Waals surface area contributed by atoms with Crippen LogP contribution in [-0.2, 0) is 6.54 Å². The van der Waals surface area contributed by atoms with E-state index in [1.165, 1.54) is 0 Å². The van der Waals surface area contributed by atoms with Gasteiger partial charge in [0.2, 0.25) is 0 Å². The SMILES string of the molecule is CNC(=O)c1cc(NCc2ccccc2OC)ccn1. The van der Waals surface area contributed by atoms with Gasteiger partial charge in [0.05, 0.1) is 7.11 Å². The molecule has 1 aromatic heterocycles. The molecule has 0 unspecified atom stereocenters. The van der Waals surface area contributed by atoms with Crippen molar-refractivity contribution >= 4 is 11.6 Å². The summed E-state index contributed by atoms with van der Waals surface area (Å²) < 4.78 is 5.30. The van der Waals surface area contributed by atoms with Gasteiger partial charge in [0, 0.05) is 31.0 Å². The first kappa shape index (κ1) is 13.9. The fraction of sp³-hybridized carbons (Fsp3) is 0.200. The highest BCUT2D eigenvalue weighted by Gasteiger charge is 2.06. The van der Waals surface area contributed by atoms with Gasteiger partial charge in [0.1, 0.15) is 11.4 Å². The van der Waals surface area contributed by atoms with Gasteiger partial charge in [-0.3, -0.25) is 9.78 Å². The van der Waals surface area contributed by atoms with Crippen LogP contribution in [0.15, 0.2) is 42.6 Å². The topological polar surface area (TPSA) is 63.2 Å². The van der Waals surface area contributed by atoms with Gasteiger partial charge in [0.15, 0.2) is 0 Å². The summed E-state index contributed by atoms with van der Waals surface area (Å²) in [4.78, 5) is 15.5. The molecule has 1 amide bonds. The van der Waals surface area contributed by atoms with Gasteiger partial charge in [-0.15, -0.1) is 0 Å². The van der Waals surface area contributed by atoms with Crippen LogP contribution in [0, 0.1) is 0 Å². The van der Waals surface area contributed by atoms with Gasteiger partial charge in [-0.2, -0.15) is 0 Å². The van der Waals surface area contributed by atoms with Crippen LogP contribution in [0.3, 0.4) is 0 Å². The highest BCUT2D eigenvalue weighted by molar-refractivity contribution is 5.92. The van der Waals surface area contributed by atoms with E-state index in [-0.39, 0.29) is 5.91 Å². The van der Waals surface area contributed by atoms with Gasteiger partial charge in [0.25, 0.3) is 5.91 Å². The van der Waals surface area contributed by atoms with Crippen molar-refractivity contribution in [3.63, 3.8) is 0 Å². The average molecular weight is 271 g/mol. The molecular formula is C15H17N3O2. The number of pyridine rings is 1. The number of ether oxygens (including phenoxy) is 1. The van der Waals surface area contributed by atoms with E-state index in [4.69, 9.17) is 4.74 Å². The van der Waals surface area contributed by atoms with Gasteiger partial charge in [-0.05, 0) is 18.2 Å². The molecule has 0 atom stereocenters. The molecule has 2 aromatic rings. The van der Waals surface area contributed by atoms with Crippen LogP contribution in [0.5, 0.6) is 5.75 Å². The Labute approximate surface area is 118 Å². The Bertz CT molecular complexity index is 599. The lowest BCUT2D eigenvalue weighted by atomic mass is 10.2. The normalized spacial score (nSPS) is 9.90. The average Bonchev–Trinajstić information content (AvgIpc) is 2.52. The second-order valence-electron chi connectivity index (χ2n) is 4.17. The van der Waals surface area contributed by atoms with E-state index in [0.29, 0.717) is 12.2 Å². The third-order valence-corrected chi connectivity index (χ3v) is 2.90. The molecule has 5 heteroatoms. The third kappa shape index (κ3) is 3.26. The van der Waals surface area contributed by atoms with Gasteiger partial charge in [-0.25, -0.2) is 0 Å². The number of methoxy groups -OCH3 is 1. The maximum atomic E-state index is 11.5. The van der Waals surface area contributed by atoms with E-state index in [9.17, 15) is 4.79 Å². The summed E-state index contributed by atoms with van der Waals surface area (Å²) in [7, 11) is 3.23. The fourth-order valence-electron chi connectivity index (χ4n) is 1.84. The molecule has 0 aliphatic rings. The van der Waals surface area contributed by atoms with Crippen molar-refractivity contribution < 1.29 is 9.53 Å². The maximum absolute atomic E-state index is 11.5. The first-order valence-corrected chi connectivity index (χ1v) is 6.28. The van der Waals surface area contributed by atoms with E-state index in [2.05, 4.69) is 15.6 Å². The number of benzene rings is 1. The standard InChI is InChI=1S/C15H17N3O2/c1-16-15(19)13-9-12(7-8-17-13)18-10-11-5-3-4-6-14(11)20-2/h3-9H,10H2,1-2H3,(H,16,19)(H,17,18). The van der Waals surface area contributed by atoms with Crippen molar-refractivity contribution in [2.24, 2.45) is 0 Å². The summed E-state index contributed by atoms with van der Waals surface area (Å²) in [6.07, 6.45) is 1.61.